The molecule has 0 saturated carbocycles. The number of aliphatic hydroxyl groups excluding tert-OH is 2. The van der Waals surface area contributed by atoms with Gasteiger partial charge in [0.1, 0.15) is 6.79 Å². The Bertz CT molecular complexity index is 1860. The van der Waals surface area contributed by atoms with Gasteiger partial charge in [-0.3, -0.25) is 15.0 Å². The minimum absolute atomic E-state index is 0.218. The number of fused-ring (bicyclic) bond motifs is 3. The lowest BCUT2D eigenvalue weighted by atomic mass is 10.1. The van der Waals surface area contributed by atoms with Crippen LogP contribution >= 0.6 is 0 Å². The summed E-state index contributed by atoms with van der Waals surface area (Å²) in [5, 5.41) is 21.7. The molecule has 0 aliphatic carbocycles. The number of anilines is 3. The first-order valence-electron chi connectivity index (χ1n) is 13.4. The number of hydrogen-bond acceptors (Lipinski definition) is 8. The third-order valence-corrected chi connectivity index (χ3v) is 6.87. The molecule has 6 rings (SSSR count). The molecule has 0 aliphatic heterocycles. The first-order chi connectivity index (χ1) is 20.0. The Balaban J connectivity index is 1.49. The number of hydrogen-bond donors (Lipinski definition) is 2. The van der Waals surface area contributed by atoms with Crippen LogP contribution in [-0.4, -0.2) is 38.2 Å². The van der Waals surface area contributed by atoms with Crippen LogP contribution in [0.2, 0.25) is 0 Å². The van der Waals surface area contributed by atoms with Crippen LogP contribution < -0.4 is 4.90 Å². The van der Waals surface area contributed by atoms with Gasteiger partial charge in [-0.05, 0) is 68.4 Å². The predicted octanol–water partition coefficient (Wildman–Crippen LogP) is 6.43. The summed E-state index contributed by atoms with van der Waals surface area (Å²) in [7, 11) is 0. The van der Waals surface area contributed by atoms with Crippen LogP contribution in [0.15, 0.2) is 91.0 Å². The molecule has 0 spiro atoms. The Hall–Kier alpha value is -4.47. The second-order valence-electron chi connectivity index (χ2n) is 9.91. The first-order valence-corrected chi connectivity index (χ1v) is 13.4. The van der Waals surface area contributed by atoms with E-state index in [1.165, 1.54) is 0 Å². The molecule has 3 aromatic carbocycles. The molecule has 1 atom stereocenters. The highest BCUT2D eigenvalue weighted by Gasteiger charge is 2.16. The van der Waals surface area contributed by atoms with Gasteiger partial charge in [-0.25, -0.2) is 0 Å². The molecule has 8 nitrogen and oxygen atoms in total. The maximum Gasteiger partial charge on any atom is 0.152 e. The fourth-order valence-electron chi connectivity index (χ4n) is 4.88. The van der Waals surface area contributed by atoms with Gasteiger partial charge in [-0.1, -0.05) is 36.4 Å². The number of ether oxygens (including phenoxy) is 2. The molecule has 2 N–H and O–H groups in total. The Kier molecular flexibility index (Phi) is 7.54. The van der Waals surface area contributed by atoms with E-state index in [9.17, 15) is 5.11 Å². The molecule has 0 fully saturated rings. The molecule has 0 saturated heterocycles. The van der Waals surface area contributed by atoms with Gasteiger partial charge in [0.2, 0.25) is 0 Å². The Labute approximate surface area is 237 Å². The predicted molar refractivity (Wildman–Crippen MR) is 160 cm³/mol. The molecular weight excluding hydrogens is 516 g/mol. The van der Waals surface area contributed by atoms with E-state index in [0.717, 1.165) is 66.9 Å². The number of nitrogens with zero attached hydrogens (tertiary/aromatic N) is 4. The van der Waals surface area contributed by atoms with E-state index in [1.807, 2.05) is 37.3 Å². The fraction of sp³-hybridized carbons (Fsp3) is 0.182. The van der Waals surface area contributed by atoms with Crippen molar-refractivity contribution >= 4 is 49.8 Å². The lowest BCUT2D eigenvalue weighted by Gasteiger charge is -2.26. The topological polar surface area (TPSA) is 101 Å². The van der Waals surface area contributed by atoms with Crippen LogP contribution in [0.3, 0.4) is 0 Å². The number of aromatic nitrogens is 3. The van der Waals surface area contributed by atoms with Crippen molar-refractivity contribution in [2.75, 3.05) is 11.7 Å². The fourth-order valence-corrected chi connectivity index (χ4v) is 4.88. The highest BCUT2D eigenvalue weighted by atomic mass is 16.6. The zero-order valence-corrected chi connectivity index (χ0v) is 22.9. The minimum Gasteiger partial charge on any atom is -0.371 e. The second-order valence-corrected chi connectivity index (χ2v) is 9.91. The summed E-state index contributed by atoms with van der Waals surface area (Å²) in [4.78, 5) is 16.5. The number of rotatable bonds is 9. The number of aliphatic hydroxyl groups is 2. The standard InChI is InChI=1S/C33H30N4O4/c1-21-3-4-23-7-12-28(15-31(23)34-21)37(29-13-8-24-5-10-26(18-40-20-38)35-32(24)16-29)30-14-9-25-6-11-27(19-41-22(2)39)36-33(25)17-30/h3-17,22,38-39H,18-20H2,1-2H3. The van der Waals surface area contributed by atoms with Crippen LogP contribution in [0.25, 0.3) is 32.7 Å². The van der Waals surface area contributed by atoms with E-state index < -0.39 is 6.29 Å². The molecule has 0 radical (unpaired) electrons. The van der Waals surface area contributed by atoms with E-state index >= 15 is 0 Å². The van der Waals surface area contributed by atoms with Gasteiger partial charge in [0.15, 0.2) is 6.29 Å². The zero-order chi connectivity index (χ0) is 28.3. The molecule has 0 amide bonds. The van der Waals surface area contributed by atoms with Crippen LogP contribution in [0.1, 0.15) is 24.0 Å². The van der Waals surface area contributed by atoms with Crippen molar-refractivity contribution in [1.29, 1.82) is 0 Å². The van der Waals surface area contributed by atoms with E-state index in [2.05, 4.69) is 65.6 Å². The second kappa shape index (κ2) is 11.6. The zero-order valence-electron chi connectivity index (χ0n) is 22.9. The molecular formula is C33H30N4O4. The van der Waals surface area contributed by atoms with Gasteiger partial charge in [-0.2, -0.15) is 0 Å². The normalized spacial score (nSPS) is 12.3. The van der Waals surface area contributed by atoms with Gasteiger partial charge in [-0.15, -0.1) is 0 Å². The van der Waals surface area contributed by atoms with E-state index in [-0.39, 0.29) is 20.0 Å². The van der Waals surface area contributed by atoms with Crippen molar-refractivity contribution < 1.29 is 19.7 Å². The lowest BCUT2D eigenvalue weighted by molar-refractivity contribution is -0.0948. The van der Waals surface area contributed by atoms with Gasteiger partial charge >= 0.3 is 0 Å². The van der Waals surface area contributed by atoms with Crippen molar-refractivity contribution in [3.63, 3.8) is 0 Å². The summed E-state index contributed by atoms with van der Waals surface area (Å²) in [6.07, 6.45) is -0.864. The van der Waals surface area contributed by atoms with Crippen LogP contribution in [0, 0.1) is 6.92 Å². The summed E-state index contributed by atoms with van der Waals surface area (Å²) >= 11 is 0. The molecule has 41 heavy (non-hydrogen) atoms. The molecule has 6 aromatic rings. The average Bonchev–Trinajstić information content (AvgIpc) is 2.98. The number of aryl methyl sites for hydroxylation is 1. The molecule has 206 valence electrons. The molecule has 0 aliphatic rings. The van der Waals surface area contributed by atoms with Crippen molar-refractivity contribution in [2.24, 2.45) is 0 Å². The highest BCUT2D eigenvalue weighted by molar-refractivity contribution is 5.92. The third-order valence-electron chi connectivity index (χ3n) is 6.87. The van der Waals surface area contributed by atoms with Gasteiger partial charge in [0.05, 0.1) is 41.2 Å². The largest absolute Gasteiger partial charge is 0.371 e. The number of benzene rings is 3. The number of pyridine rings is 3. The van der Waals surface area contributed by atoms with E-state index in [0.29, 0.717) is 0 Å². The van der Waals surface area contributed by atoms with Gasteiger partial charge in [0, 0.05) is 38.9 Å². The minimum atomic E-state index is -0.864. The third kappa shape index (κ3) is 5.86. The van der Waals surface area contributed by atoms with Gasteiger partial charge in [0.25, 0.3) is 0 Å². The lowest BCUT2D eigenvalue weighted by Crippen LogP contribution is -2.10. The Morgan fingerprint density at radius 3 is 1.63 bits per heavy atom. The van der Waals surface area contributed by atoms with Crippen LogP contribution in [0.4, 0.5) is 17.1 Å². The average molecular weight is 547 g/mol. The smallest absolute Gasteiger partial charge is 0.152 e. The quantitative estimate of drug-likeness (QED) is 0.200. The molecule has 1 unspecified atom stereocenters. The van der Waals surface area contributed by atoms with Crippen molar-refractivity contribution in [2.45, 2.75) is 33.4 Å². The maximum absolute atomic E-state index is 9.54. The molecule has 0 bridgehead atoms. The summed E-state index contributed by atoms with van der Waals surface area (Å²) < 4.78 is 10.5. The molecule has 3 heterocycles. The van der Waals surface area contributed by atoms with Crippen LogP contribution in [0.5, 0.6) is 0 Å². The Morgan fingerprint density at radius 2 is 1.12 bits per heavy atom. The summed E-state index contributed by atoms with van der Waals surface area (Å²) in [5.74, 6) is 0. The van der Waals surface area contributed by atoms with Crippen LogP contribution in [-0.2, 0) is 22.7 Å². The summed E-state index contributed by atoms with van der Waals surface area (Å²) in [5.41, 5.74) is 7.76. The summed E-state index contributed by atoms with van der Waals surface area (Å²) in [6.45, 7) is 3.66. The van der Waals surface area contributed by atoms with Crippen molar-refractivity contribution in [3.05, 3.63) is 108 Å². The first kappa shape index (κ1) is 26.7. The monoisotopic (exact) mass is 546 g/mol. The van der Waals surface area contributed by atoms with E-state index in [4.69, 9.17) is 29.5 Å². The molecule has 3 aromatic heterocycles. The molecule has 8 heteroatoms. The maximum atomic E-state index is 9.54. The van der Waals surface area contributed by atoms with Crippen molar-refractivity contribution in [3.8, 4) is 0 Å². The summed E-state index contributed by atoms with van der Waals surface area (Å²) in [6, 6.07) is 30.6. The van der Waals surface area contributed by atoms with Crippen molar-refractivity contribution in [1.82, 2.24) is 15.0 Å². The highest BCUT2D eigenvalue weighted by Crippen LogP contribution is 2.38. The van der Waals surface area contributed by atoms with E-state index in [1.54, 1.807) is 6.92 Å². The SMILES string of the molecule is Cc1ccc2ccc(N(c3ccc4ccc(COCO)nc4c3)c3ccc4ccc(COC(C)O)nc4c3)cc2n1. The Morgan fingerprint density at radius 1 is 0.659 bits per heavy atom. The van der Waals surface area contributed by atoms with Gasteiger partial charge < -0.3 is 24.6 Å².